The summed E-state index contributed by atoms with van der Waals surface area (Å²) >= 11 is 0. The maximum atomic E-state index is 13.9. The maximum Gasteiger partial charge on any atom is 0.363 e. The van der Waals surface area contributed by atoms with Gasteiger partial charge in [-0.2, -0.15) is 14.1 Å². The molecule has 0 bridgehead atoms. The van der Waals surface area contributed by atoms with Crippen LogP contribution >= 0.6 is 0 Å². The molecule has 5 rings (SSSR count). The van der Waals surface area contributed by atoms with E-state index in [1.165, 1.54) is 16.6 Å². The first-order valence-corrected chi connectivity index (χ1v) is 14.3. The highest BCUT2D eigenvalue weighted by Gasteiger charge is 2.32. The van der Waals surface area contributed by atoms with Gasteiger partial charge in [-0.1, -0.05) is 0 Å². The van der Waals surface area contributed by atoms with E-state index in [1.54, 1.807) is 4.90 Å². The molecule has 3 aromatic rings. The van der Waals surface area contributed by atoms with Gasteiger partial charge in [0.25, 0.3) is 0 Å². The summed E-state index contributed by atoms with van der Waals surface area (Å²) in [6.45, 7) is 0.418. The van der Waals surface area contributed by atoms with Gasteiger partial charge in [-0.15, -0.1) is 0 Å². The fourth-order valence-corrected chi connectivity index (χ4v) is 6.39. The van der Waals surface area contributed by atoms with E-state index in [9.17, 15) is 36.5 Å². The zero-order valence-corrected chi connectivity index (χ0v) is 22.3. The van der Waals surface area contributed by atoms with Gasteiger partial charge in [0, 0.05) is 50.3 Å². The Hall–Kier alpha value is -4.05. The normalized spacial score (nSPS) is 19.8. The van der Waals surface area contributed by atoms with Crippen molar-refractivity contribution in [3.63, 3.8) is 0 Å². The Balaban J connectivity index is 1.37. The van der Waals surface area contributed by atoms with E-state index in [2.05, 4.69) is 10.1 Å². The van der Waals surface area contributed by atoms with E-state index in [1.807, 2.05) is 0 Å². The third-order valence-electron chi connectivity index (χ3n) is 6.93. The molecule has 2 atom stereocenters. The number of nitro groups is 1. The standard InChI is InChI=1S/C25H25F3N6O6S/c26-17-2-3-21(12-17)40-24-22(14-30-33(25(24)35)20-10-18(27)9-19(28)11-20)31-5-7-32(8-6-31)41(38,39)15-16-1-4-23(29-13-16)34(36)37/h1,4,9-11,13-14,17,21H,2-3,5-8,12,15H2. The minimum atomic E-state index is -3.80. The number of hydrogen-bond acceptors (Lipinski definition) is 9. The summed E-state index contributed by atoms with van der Waals surface area (Å²) in [4.78, 5) is 29.0. The van der Waals surface area contributed by atoms with Crippen LogP contribution < -0.4 is 15.2 Å². The topological polar surface area (TPSA) is 141 Å². The number of pyridine rings is 1. The number of halogens is 3. The molecule has 2 aliphatic rings. The van der Waals surface area contributed by atoms with Gasteiger partial charge in [0.05, 0.1) is 17.6 Å². The van der Waals surface area contributed by atoms with Gasteiger partial charge in [-0.3, -0.25) is 4.79 Å². The van der Waals surface area contributed by atoms with Crippen molar-refractivity contribution in [2.45, 2.75) is 37.3 Å². The van der Waals surface area contributed by atoms with E-state index >= 15 is 0 Å². The van der Waals surface area contributed by atoms with Crippen molar-refractivity contribution in [3.8, 4) is 11.4 Å². The molecule has 1 aromatic carbocycles. The van der Waals surface area contributed by atoms with Crippen LogP contribution in [0.4, 0.5) is 24.7 Å². The van der Waals surface area contributed by atoms with E-state index < -0.39 is 56.0 Å². The van der Waals surface area contributed by atoms with Crippen LogP contribution in [0.5, 0.6) is 5.75 Å². The molecule has 12 nitrogen and oxygen atoms in total. The fourth-order valence-electron chi connectivity index (χ4n) is 4.89. The smallest absolute Gasteiger partial charge is 0.363 e. The number of alkyl halides is 1. The molecule has 0 amide bonds. The van der Waals surface area contributed by atoms with E-state index in [0.29, 0.717) is 12.5 Å². The van der Waals surface area contributed by atoms with Gasteiger partial charge < -0.3 is 19.8 Å². The van der Waals surface area contributed by atoms with Crippen molar-refractivity contribution in [2.24, 2.45) is 0 Å². The number of aromatic nitrogens is 3. The maximum absolute atomic E-state index is 13.9. The first-order chi connectivity index (χ1) is 19.5. The predicted molar refractivity (Wildman–Crippen MR) is 140 cm³/mol. The molecule has 1 aliphatic carbocycles. The average Bonchev–Trinajstić information content (AvgIpc) is 3.34. The third-order valence-corrected chi connectivity index (χ3v) is 8.78. The van der Waals surface area contributed by atoms with E-state index in [0.717, 1.165) is 29.1 Å². The molecule has 2 unspecified atom stereocenters. The minimum absolute atomic E-state index is 0.0519. The van der Waals surface area contributed by atoms with Crippen LogP contribution in [0.1, 0.15) is 24.8 Å². The Morgan fingerprint density at radius 2 is 1.76 bits per heavy atom. The molecule has 16 heteroatoms. The first-order valence-electron chi connectivity index (χ1n) is 12.7. The second-order valence-corrected chi connectivity index (χ2v) is 11.7. The van der Waals surface area contributed by atoms with Crippen molar-refractivity contribution in [2.75, 3.05) is 31.1 Å². The minimum Gasteiger partial charge on any atom is -0.483 e. The molecule has 3 heterocycles. The van der Waals surface area contributed by atoms with Gasteiger partial charge in [-0.05, 0) is 40.9 Å². The van der Waals surface area contributed by atoms with Crippen molar-refractivity contribution in [1.29, 1.82) is 0 Å². The lowest BCUT2D eigenvalue weighted by molar-refractivity contribution is -0.389. The highest BCUT2D eigenvalue weighted by atomic mass is 32.2. The van der Waals surface area contributed by atoms with Crippen molar-refractivity contribution in [3.05, 3.63) is 80.4 Å². The quantitative estimate of drug-likeness (QED) is 0.284. The molecule has 218 valence electrons. The van der Waals surface area contributed by atoms with Crippen molar-refractivity contribution >= 4 is 21.5 Å². The Kier molecular flexibility index (Phi) is 7.95. The highest BCUT2D eigenvalue weighted by molar-refractivity contribution is 7.88. The second kappa shape index (κ2) is 11.4. The van der Waals surface area contributed by atoms with Crippen LogP contribution in [0.2, 0.25) is 0 Å². The number of benzene rings is 1. The average molecular weight is 595 g/mol. The molecule has 1 saturated heterocycles. The highest BCUT2D eigenvalue weighted by Crippen LogP contribution is 2.31. The summed E-state index contributed by atoms with van der Waals surface area (Å²) in [6.07, 6.45) is 1.51. The lowest BCUT2D eigenvalue weighted by atomic mass is 10.2. The molecule has 0 spiro atoms. The lowest BCUT2D eigenvalue weighted by Gasteiger charge is -2.36. The van der Waals surface area contributed by atoms with Crippen LogP contribution in [-0.2, 0) is 15.8 Å². The first kappa shape index (κ1) is 28.5. The Bertz CT molecular complexity index is 1590. The predicted octanol–water partition coefficient (Wildman–Crippen LogP) is 2.74. The van der Waals surface area contributed by atoms with Crippen molar-refractivity contribution in [1.82, 2.24) is 19.1 Å². The molecule has 0 N–H and O–H groups in total. The van der Waals surface area contributed by atoms with E-state index in [-0.39, 0.29) is 61.7 Å². The fraction of sp³-hybridized carbons (Fsp3) is 0.400. The zero-order chi connectivity index (χ0) is 29.3. The number of anilines is 1. The lowest BCUT2D eigenvalue weighted by Crippen LogP contribution is -2.49. The molecular weight excluding hydrogens is 569 g/mol. The van der Waals surface area contributed by atoms with Gasteiger partial charge in [0.15, 0.2) is 0 Å². The van der Waals surface area contributed by atoms with Crippen LogP contribution in [0.3, 0.4) is 0 Å². The molecule has 1 aliphatic heterocycles. The van der Waals surface area contributed by atoms with Crippen molar-refractivity contribution < 1.29 is 31.2 Å². The Labute approximate surface area is 232 Å². The number of rotatable bonds is 8. The van der Waals surface area contributed by atoms with Gasteiger partial charge in [0.1, 0.15) is 35.8 Å². The van der Waals surface area contributed by atoms with Crippen LogP contribution in [-0.4, -0.2) is 70.9 Å². The van der Waals surface area contributed by atoms with Crippen LogP contribution in [0.15, 0.2) is 47.5 Å². The van der Waals surface area contributed by atoms with Crippen LogP contribution in [0.25, 0.3) is 5.69 Å². The second-order valence-electron chi connectivity index (χ2n) is 9.78. The van der Waals surface area contributed by atoms with Gasteiger partial charge in [0.2, 0.25) is 15.8 Å². The Morgan fingerprint density at radius 1 is 1.05 bits per heavy atom. The monoisotopic (exact) mass is 594 g/mol. The number of hydrogen-bond donors (Lipinski definition) is 0. The number of nitrogens with zero attached hydrogens (tertiary/aromatic N) is 6. The van der Waals surface area contributed by atoms with Crippen LogP contribution in [0, 0.1) is 21.7 Å². The number of ether oxygens (including phenoxy) is 1. The molecule has 2 fully saturated rings. The summed E-state index contributed by atoms with van der Waals surface area (Å²) in [5.41, 5.74) is -0.411. The summed E-state index contributed by atoms with van der Waals surface area (Å²) in [5.74, 6) is -2.77. The molecule has 1 saturated carbocycles. The third kappa shape index (κ3) is 6.32. The SMILES string of the molecule is O=c1c(OC2CCC(F)C2)c(N2CCN(S(=O)(=O)Cc3ccc([N+](=O)[O-])nc3)CC2)cnn1-c1cc(F)cc(F)c1. The summed E-state index contributed by atoms with van der Waals surface area (Å²) in [6, 6.07) is 5.01. The van der Waals surface area contributed by atoms with E-state index in [4.69, 9.17) is 4.74 Å². The Morgan fingerprint density at radius 3 is 2.34 bits per heavy atom. The molecule has 41 heavy (non-hydrogen) atoms. The van der Waals surface area contributed by atoms with Gasteiger partial charge >= 0.3 is 11.4 Å². The molecule has 0 radical (unpaired) electrons. The number of sulfonamides is 1. The largest absolute Gasteiger partial charge is 0.483 e. The summed E-state index contributed by atoms with van der Waals surface area (Å²) < 4.78 is 75.6. The molecule has 2 aromatic heterocycles. The van der Waals surface area contributed by atoms with Gasteiger partial charge in [-0.25, -0.2) is 21.6 Å². The summed E-state index contributed by atoms with van der Waals surface area (Å²) in [5, 5.41) is 14.9. The summed E-state index contributed by atoms with van der Waals surface area (Å²) in [7, 11) is -3.80. The number of piperazine rings is 1. The zero-order valence-electron chi connectivity index (χ0n) is 21.5. The molecular formula is C25H25F3N6O6S.